The average molecular weight is 565 g/mol. The van der Waals surface area contributed by atoms with Crippen LogP contribution in [0.3, 0.4) is 0 Å². The third-order valence-electron chi connectivity index (χ3n) is 8.54. The minimum atomic E-state index is -0.913. The highest BCUT2D eigenvalue weighted by Crippen LogP contribution is 2.22. The monoisotopic (exact) mass is 564 g/mol. The van der Waals surface area contributed by atoms with Gasteiger partial charge in [-0.2, -0.15) is 0 Å². The highest BCUT2D eigenvalue weighted by atomic mass is 16.2. The van der Waals surface area contributed by atoms with Crippen LogP contribution in [0.1, 0.15) is 67.2 Å². The minimum absolute atomic E-state index is 0.0312. The summed E-state index contributed by atoms with van der Waals surface area (Å²) in [7, 11) is 4.58. The molecule has 2 rings (SSSR count). The maximum atomic E-state index is 13.9. The van der Waals surface area contributed by atoms with E-state index in [1.165, 1.54) is 33.7 Å². The number of nitrogens with one attached hydrogen (secondary N) is 2. The molecule has 2 saturated heterocycles. The Labute approximate surface area is 238 Å². The normalized spacial score (nSPS) is 29.6. The van der Waals surface area contributed by atoms with Crippen molar-refractivity contribution < 1.29 is 28.8 Å². The van der Waals surface area contributed by atoms with Crippen molar-refractivity contribution in [2.75, 3.05) is 34.2 Å². The zero-order chi connectivity index (χ0) is 30.5. The molecule has 2 aliphatic rings. The molecule has 6 amide bonds. The molecule has 12 heteroatoms. The van der Waals surface area contributed by atoms with Crippen molar-refractivity contribution in [1.29, 1.82) is 0 Å². The molecule has 6 atom stereocenters. The van der Waals surface area contributed by atoms with Crippen LogP contribution in [-0.2, 0) is 28.8 Å². The summed E-state index contributed by atoms with van der Waals surface area (Å²) in [4.78, 5) is 85.6. The van der Waals surface area contributed by atoms with Crippen molar-refractivity contribution in [3.63, 3.8) is 0 Å². The van der Waals surface area contributed by atoms with E-state index in [2.05, 4.69) is 10.6 Å². The van der Waals surface area contributed by atoms with Crippen LogP contribution < -0.4 is 10.6 Å². The van der Waals surface area contributed by atoms with E-state index < -0.39 is 53.8 Å². The predicted octanol–water partition coefficient (Wildman–Crippen LogP) is 0.205. The first-order valence-corrected chi connectivity index (χ1v) is 14.3. The van der Waals surface area contributed by atoms with Gasteiger partial charge < -0.3 is 30.2 Å². The Kier molecular flexibility index (Phi) is 11.5. The van der Waals surface area contributed by atoms with Crippen LogP contribution in [0.5, 0.6) is 0 Å². The van der Waals surface area contributed by atoms with Crippen molar-refractivity contribution in [3.8, 4) is 0 Å². The van der Waals surface area contributed by atoms with Gasteiger partial charge in [0.05, 0.1) is 0 Å². The molecule has 2 N–H and O–H groups in total. The van der Waals surface area contributed by atoms with E-state index in [4.69, 9.17) is 0 Å². The van der Waals surface area contributed by atoms with Gasteiger partial charge in [-0.25, -0.2) is 0 Å². The fourth-order valence-electron chi connectivity index (χ4n) is 5.30. The molecule has 0 saturated carbocycles. The number of amides is 6. The Morgan fingerprint density at radius 3 is 2.02 bits per heavy atom. The quantitative estimate of drug-likeness (QED) is 0.502. The van der Waals surface area contributed by atoms with Crippen molar-refractivity contribution in [2.45, 2.75) is 97.4 Å². The lowest BCUT2D eigenvalue weighted by Crippen LogP contribution is -2.61. The van der Waals surface area contributed by atoms with E-state index in [1.54, 1.807) is 20.9 Å². The Morgan fingerprint density at radius 2 is 1.45 bits per heavy atom. The molecule has 2 aliphatic heterocycles. The maximum Gasteiger partial charge on any atom is 0.246 e. The zero-order valence-electron chi connectivity index (χ0n) is 25.5. The number of fused-ring (bicyclic) bond motifs is 1. The summed E-state index contributed by atoms with van der Waals surface area (Å²) in [6.07, 6.45) is 1.63. The van der Waals surface area contributed by atoms with Gasteiger partial charge >= 0.3 is 0 Å². The second-order valence-electron chi connectivity index (χ2n) is 11.5. The summed E-state index contributed by atoms with van der Waals surface area (Å²) in [6, 6.07) is -4.22. The van der Waals surface area contributed by atoms with Crippen LogP contribution in [0, 0.1) is 11.8 Å². The molecule has 2 fully saturated rings. The molecule has 226 valence electrons. The molecule has 12 nitrogen and oxygen atoms in total. The number of hydrogen-bond acceptors (Lipinski definition) is 6. The Bertz CT molecular complexity index is 986. The first-order chi connectivity index (χ1) is 18.6. The van der Waals surface area contributed by atoms with E-state index in [0.29, 0.717) is 25.8 Å². The first-order valence-electron chi connectivity index (χ1n) is 14.3. The smallest absolute Gasteiger partial charge is 0.246 e. The van der Waals surface area contributed by atoms with Gasteiger partial charge in [0.25, 0.3) is 0 Å². The number of nitrogens with zero attached hydrogens (tertiary/aromatic N) is 4. The zero-order valence-corrected chi connectivity index (χ0v) is 25.5. The van der Waals surface area contributed by atoms with E-state index in [-0.39, 0.29) is 36.6 Å². The van der Waals surface area contributed by atoms with E-state index in [9.17, 15) is 28.8 Å². The predicted molar refractivity (Wildman–Crippen MR) is 150 cm³/mol. The highest BCUT2D eigenvalue weighted by Gasteiger charge is 2.42. The van der Waals surface area contributed by atoms with Gasteiger partial charge in [0.1, 0.15) is 30.2 Å². The van der Waals surface area contributed by atoms with Crippen LogP contribution in [-0.4, -0.2) is 119 Å². The van der Waals surface area contributed by atoms with E-state index in [1.807, 2.05) is 27.7 Å². The maximum absolute atomic E-state index is 13.9. The van der Waals surface area contributed by atoms with Gasteiger partial charge in [-0.15, -0.1) is 0 Å². The average Bonchev–Trinajstić information content (AvgIpc) is 3.42. The van der Waals surface area contributed by atoms with Crippen LogP contribution in [0.4, 0.5) is 0 Å². The number of rotatable bonds is 3. The molecule has 0 aromatic carbocycles. The van der Waals surface area contributed by atoms with E-state index >= 15 is 0 Å². The summed E-state index contributed by atoms with van der Waals surface area (Å²) in [5, 5.41) is 5.60. The summed E-state index contributed by atoms with van der Waals surface area (Å²) < 4.78 is 0. The second kappa shape index (κ2) is 13.9. The molecular formula is C28H48N6O6. The SMILES string of the molecule is CC[C@H](C)[C@@H]1NC(=O)[C@@H]2CCCN2C(=O)[C@H](C)N(C)C(=O)CCNC(=O)[C@H](C)N(C)C(=O)C(C(C)C)N(C)C1=O. The number of likely N-dealkylation sites (N-methyl/N-ethyl adjacent to an activating group) is 3. The van der Waals surface area contributed by atoms with Gasteiger partial charge in [-0.1, -0.05) is 34.1 Å². The molecular weight excluding hydrogens is 516 g/mol. The summed E-state index contributed by atoms with van der Waals surface area (Å²) >= 11 is 0. The van der Waals surface area contributed by atoms with Crippen LogP contribution >= 0.6 is 0 Å². The van der Waals surface area contributed by atoms with Gasteiger partial charge in [0, 0.05) is 40.7 Å². The molecule has 0 aromatic heterocycles. The molecule has 1 unspecified atom stereocenters. The molecule has 0 radical (unpaired) electrons. The molecule has 0 bridgehead atoms. The number of hydrogen-bond donors (Lipinski definition) is 2. The molecule has 0 aromatic rings. The van der Waals surface area contributed by atoms with Gasteiger partial charge in [-0.05, 0) is 38.5 Å². The highest BCUT2D eigenvalue weighted by molar-refractivity contribution is 5.96. The topological polar surface area (TPSA) is 139 Å². The fourth-order valence-corrected chi connectivity index (χ4v) is 5.30. The number of carbonyl (C=O) groups excluding carboxylic acids is 6. The molecule has 0 aliphatic carbocycles. The van der Waals surface area contributed by atoms with Crippen LogP contribution in [0.15, 0.2) is 0 Å². The van der Waals surface area contributed by atoms with Crippen molar-refractivity contribution in [1.82, 2.24) is 30.2 Å². The number of carbonyl (C=O) groups is 6. The van der Waals surface area contributed by atoms with Crippen LogP contribution in [0.25, 0.3) is 0 Å². The van der Waals surface area contributed by atoms with E-state index in [0.717, 1.165) is 0 Å². The third kappa shape index (κ3) is 7.11. The van der Waals surface area contributed by atoms with Crippen molar-refractivity contribution >= 4 is 35.4 Å². The Morgan fingerprint density at radius 1 is 0.825 bits per heavy atom. The van der Waals surface area contributed by atoms with Crippen LogP contribution in [0.2, 0.25) is 0 Å². The summed E-state index contributed by atoms with van der Waals surface area (Å²) in [5.41, 5.74) is 0. The minimum Gasteiger partial charge on any atom is -0.354 e. The molecule has 40 heavy (non-hydrogen) atoms. The Balaban J connectivity index is 2.52. The summed E-state index contributed by atoms with van der Waals surface area (Å²) in [5.74, 6) is -2.88. The molecule has 0 spiro atoms. The van der Waals surface area contributed by atoms with Gasteiger partial charge in [-0.3, -0.25) is 28.8 Å². The Hall–Kier alpha value is -3.18. The third-order valence-corrected chi connectivity index (χ3v) is 8.54. The summed E-state index contributed by atoms with van der Waals surface area (Å²) in [6.45, 7) is 11.0. The lowest BCUT2D eigenvalue weighted by molar-refractivity contribution is -0.151. The van der Waals surface area contributed by atoms with Crippen molar-refractivity contribution in [3.05, 3.63) is 0 Å². The van der Waals surface area contributed by atoms with Gasteiger partial charge in [0.2, 0.25) is 35.4 Å². The first kappa shape index (κ1) is 33.0. The van der Waals surface area contributed by atoms with Gasteiger partial charge in [0.15, 0.2) is 0 Å². The lowest BCUT2D eigenvalue weighted by Gasteiger charge is -2.38. The lowest BCUT2D eigenvalue weighted by atomic mass is 9.94. The fraction of sp³-hybridized carbons (Fsp3) is 0.786. The second-order valence-corrected chi connectivity index (χ2v) is 11.5. The van der Waals surface area contributed by atoms with Crippen molar-refractivity contribution in [2.24, 2.45) is 11.8 Å². The molecule has 2 heterocycles. The largest absolute Gasteiger partial charge is 0.354 e. The standard InChI is InChI=1S/C28H48N6O6/c1-10-17(4)22-27(39)33(9)23(16(2)3)28(40)32(8)18(5)24(36)29-14-13-21(35)31(7)19(6)26(38)34-15-11-12-20(34)25(37)30-22/h16-20,22-23H,10-15H2,1-9H3,(H,29,36)(H,30,37)/t17-,18-,19-,20-,22-,23?/m0/s1.